The number of carbonyl (C=O) groups excluding carboxylic acids is 1. The van der Waals surface area contributed by atoms with Gasteiger partial charge in [0.05, 0.1) is 22.9 Å². The van der Waals surface area contributed by atoms with E-state index in [0.29, 0.717) is 22.3 Å². The van der Waals surface area contributed by atoms with Gasteiger partial charge in [0.15, 0.2) is 5.65 Å². The summed E-state index contributed by atoms with van der Waals surface area (Å²) in [4.78, 5) is 27.4. The third kappa shape index (κ3) is 3.28. The molecule has 0 atom stereocenters. The molecule has 1 amide bonds. The average molecular weight is 394 g/mol. The Morgan fingerprint density at radius 2 is 1.86 bits per heavy atom. The van der Waals surface area contributed by atoms with E-state index in [0.717, 1.165) is 11.2 Å². The van der Waals surface area contributed by atoms with Crippen molar-refractivity contribution in [1.29, 1.82) is 0 Å². The molecule has 4 aromatic rings. The first kappa shape index (κ1) is 17.6. The van der Waals surface area contributed by atoms with Crippen molar-refractivity contribution in [3.63, 3.8) is 0 Å². The van der Waals surface area contributed by atoms with Gasteiger partial charge in [0.2, 0.25) is 0 Å². The first-order chi connectivity index (χ1) is 14.0. The van der Waals surface area contributed by atoms with Crippen LogP contribution in [-0.4, -0.2) is 54.4 Å². The van der Waals surface area contributed by atoms with E-state index in [1.165, 1.54) is 11.2 Å². The third-order valence-electron chi connectivity index (χ3n) is 5.14. The number of alkyl halides is 2. The largest absolute Gasteiger partial charge is 0.338 e. The lowest BCUT2D eigenvalue weighted by Gasteiger charge is -2.31. The molecule has 3 aromatic heterocycles. The van der Waals surface area contributed by atoms with Crippen LogP contribution in [0, 0.1) is 0 Å². The number of pyridine rings is 1. The summed E-state index contributed by atoms with van der Waals surface area (Å²) < 4.78 is 28.4. The maximum Gasteiger partial charge on any atom is 0.253 e. The van der Waals surface area contributed by atoms with Crippen molar-refractivity contribution in [2.75, 3.05) is 13.1 Å². The number of aromatic nitrogens is 5. The van der Waals surface area contributed by atoms with E-state index < -0.39 is 5.92 Å². The molecule has 5 rings (SSSR count). The molecule has 9 heteroatoms. The van der Waals surface area contributed by atoms with Crippen molar-refractivity contribution < 1.29 is 13.6 Å². The van der Waals surface area contributed by atoms with Crippen molar-refractivity contribution in [2.45, 2.75) is 18.8 Å². The zero-order chi connectivity index (χ0) is 20.0. The molecule has 29 heavy (non-hydrogen) atoms. The van der Waals surface area contributed by atoms with E-state index >= 15 is 0 Å². The summed E-state index contributed by atoms with van der Waals surface area (Å²) in [5.41, 5.74) is 3.81. The van der Waals surface area contributed by atoms with Gasteiger partial charge in [0.1, 0.15) is 6.33 Å². The second-order valence-corrected chi connectivity index (χ2v) is 7.09. The van der Waals surface area contributed by atoms with Crippen molar-refractivity contribution in [2.24, 2.45) is 0 Å². The topological polar surface area (TPSA) is 76.3 Å². The quantitative estimate of drug-likeness (QED) is 0.522. The van der Waals surface area contributed by atoms with Gasteiger partial charge >= 0.3 is 0 Å². The molecular weight excluding hydrogens is 378 g/mol. The van der Waals surface area contributed by atoms with Crippen LogP contribution in [0.3, 0.4) is 0 Å². The van der Waals surface area contributed by atoms with Crippen LogP contribution in [0.25, 0.3) is 27.9 Å². The van der Waals surface area contributed by atoms with Crippen molar-refractivity contribution in [3.8, 4) is 11.3 Å². The van der Waals surface area contributed by atoms with Crippen LogP contribution in [0.1, 0.15) is 23.2 Å². The van der Waals surface area contributed by atoms with Crippen molar-refractivity contribution in [1.82, 2.24) is 29.5 Å². The molecule has 0 bridgehead atoms. The molecule has 7 nitrogen and oxygen atoms in total. The minimum absolute atomic E-state index is 0.0491. The molecule has 1 saturated heterocycles. The fourth-order valence-corrected chi connectivity index (χ4v) is 3.47. The van der Waals surface area contributed by atoms with E-state index in [9.17, 15) is 13.6 Å². The van der Waals surface area contributed by atoms with Gasteiger partial charge in [0, 0.05) is 43.3 Å². The predicted octanol–water partition coefficient (Wildman–Crippen LogP) is 3.21. The summed E-state index contributed by atoms with van der Waals surface area (Å²) in [7, 11) is 0. The Kier molecular flexibility index (Phi) is 3.97. The van der Waals surface area contributed by atoms with Gasteiger partial charge in [0.25, 0.3) is 11.8 Å². The molecule has 0 saturated carbocycles. The Labute approximate surface area is 164 Å². The average Bonchev–Trinajstić information content (AvgIpc) is 3.20. The number of hydrogen-bond donors (Lipinski definition) is 0. The predicted molar refractivity (Wildman–Crippen MR) is 102 cm³/mol. The highest BCUT2D eigenvalue weighted by Crippen LogP contribution is 2.28. The third-order valence-corrected chi connectivity index (χ3v) is 5.14. The fraction of sp³-hybridized carbons (Fsp3) is 0.250. The molecule has 1 fully saturated rings. The zero-order valence-electron chi connectivity index (χ0n) is 15.3. The Morgan fingerprint density at radius 3 is 2.69 bits per heavy atom. The number of rotatable bonds is 2. The van der Waals surface area contributed by atoms with Gasteiger partial charge in [-0.2, -0.15) is 5.10 Å². The van der Waals surface area contributed by atoms with Crippen LogP contribution in [0.2, 0.25) is 0 Å². The normalized spacial score (nSPS) is 16.4. The second-order valence-electron chi connectivity index (χ2n) is 7.09. The van der Waals surface area contributed by atoms with E-state index in [-0.39, 0.29) is 31.8 Å². The number of amides is 1. The van der Waals surface area contributed by atoms with Crippen molar-refractivity contribution in [3.05, 3.63) is 54.6 Å². The van der Waals surface area contributed by atoms with Gasteiger partial charge < -0.3 is 4.90 Å². The molecule has 0 unspecified atom stereocenters. The summed E-state index contributed by atoms with van der Waals surface area (Å²) in [5.74, 6) is -2.95. The monoisotopic (exact) mass is 394 g/mol. The van der Waals surface area contributed by atoms with Gasteiger partial charge in [-0.1, -0.05) is 0 Å². The number of fused-ring (bicyclic) bond motifs is 2. The lowest BCUT2D eigenvalue weighted by atomic mass is 10.1. The van der Waals surface area contributed by atoms with E-state index in [4.69, 9.17) is 0 Å². The Hall–Kier alpha value is -3.49. The number of hydrogen-bond acceptors (Lipinski definition) is 5. The highest BCUT2D eigenvalue weighted by Gasteiger charge is 2.35. The number of benzene rings is 1. The van der Waals surface area contributed by atoms with E-state index in [2.05, 4.69) is 20.1 Å². The molecule has 1 aliphatic rings. The Morgan fingerprint density at radius 1 is 1.03 bits per heavy atom. The van der Waals surface area contributed by atoms with Gasteiger partial charge in [-0.25, -0.2) is 23.3 Å². The maximum absolute atomic E-state index is 13.4. The molecule has 0 aliphatic carbocycles. The summed E-state index contributed by atoms with van der Waals surface area (Å²) >= 11 is 0. The lowest BCUT2D eigenvalue weighted by molar-refractivity contribution is -0.0494. The molecule has 1 aromatic carbocycles. The van der Waals surface area contributed by atoms with Crippen LogP contribution >= 0.6 is 0 Å². The van der Waals surface area contributed by atoms with Crippen LogP contribution in [0.15, 0.2) is 49.1 Å². The summed E-state index contributed by atoms with van der Waals surface area (Å²) in [5, 5.41) is 4.12. The second kappa shape index (κ2) is 6.54. The Balaban J connectivity index is 1.47. The van der Waals surface area contributed by atoms with Crippen molar-refractivity contribution >= 4 is 22.6 Å². The number of nitrogens with zero attached hydrogens (tertiary/aromatic N) is 6. The number of carbonyl (C=O) groups is 1. The summed E-state index contributed by atoms with van der Waals surface area (Å²) in [6.45, 7) is 0.0982. The molecule has 1 aliphatic heterocycles. The highest BCUT2D eigenvalue weighted by molar-refractivity contribution is 5.97. The van der Waals surface area contributed by atoms with Crippen LogP contribution in [-0.2, 0) is 0 Å². The number of piperidine rings is 1. The van der Waals surface area contributed by atoms with Crippen LogP contribution in [0.4, 0.5) is 8.78 Å². The first-order valence-electron chi connectivity index (χ1n) is 9.22. The minimum atomic E-state index is -2.69. The van der Waals surface area contributed by atoms with Crippen LogP contribution < -0.4 is 0 Å². The molecule has 0 radical (unpaired) electrons. The standard InChI is InChI=1S/C20H16F2N6O/c21-20(22)5-7-27(8-6-20)19(29)13-1-3-15-16(9-13)26-17(10-23-15)14-2-4-18-24-12-25-28(18)11-14/h1-4,9-12H,5-8H2. The van der Waals surface area contributed by atoms with Gasteiger partial charge in [-0.15, -0.1) is 0 Å². The van der Waals surface area contributed by atoms with E-state index in [1.807, 2.05) is 12.1 Å². The van der Waals surface area contributed by atoms with Crippen LogP contribution in [0.5, 0.6) is 0 Å². The van der Waals surface area contributed by atoms with Gasteiger partial charge in [-0.05, 0) is 30.3 Å². The highest BCUT2D eigenvalue weighted by atomic mass is 19.3. The maximum atomic E-state index is 13.4. The molecular formula is C20H16F2N6O. The summed E-state index contributed by atoms with van der Waals surface area (Å²) in [6, 6.07) is 8.75. The molecule has 0 spiro atoms. The number of halogens is 2. The van der Waals surface area contributed by atoms with Gasteiger partial charge in [-0.3, -0.25) is 9.78 Å². The molecule has 146 valence electrons. The smallest absolute Gasteiger partial charge is 0.253 e. The molecule has 0 N–H and O–H groups in total. The lowest BCUT2D eigenvalue weighted by Crippen LogP contribution is -2.42. The van der Waals surface area contributed by atoms with E-state index in [1.54, 1.807) is 35.1 Å². The zero-order valence-corrected chi connectivity index (χ0v) is 15.3. The summed E-state index contributed by atoms with van der Waals surface area (Å²) in [6.07, 6.45) is 4.33. The minimum Gasteiger partial charge on any atom is -0.338 e. The SMILES string of the molecule is O=C(c1ccc2ncc(-c3ccc4ncnn4c3)nc2c1)N1CCC(F)(F)CC1. The first-order valence-corrected chi connectivity index (χ1v) is 9.22. The fourth-order valence-electron chi connectivity index (χ4n) is 3.47. The Bertz CT molecular complexity index is 1230. The number of likely N-dealkylation sites (tertiary alicyclic amines) is 1. The molecule has 4 heterocycles.